The molecule has 1 unspecified atom stereocenters. The van der Waals surface area contributed by atoms with Crippen LogP contribution in [-0.4, -0.2) is 24.5 Å². The number of anilines is 1. The molecule has 0 amide bonds. The number of piperazine rings is 1. The normalized spacial score (nSPS) is 16.9. The van der Waals surface area contributed by atoms with Crippen molar-refractivity contribution in [2.75, 3.05) is 24.5 Å². The van der Waals surface area contributed by atoms with Gasteiger partial charge in [-0.05, 0) is 55.3 Å². The van der Waals surface area contributed by atoms with Crippen LogP contribution in [0.3, 0.4) is 0 Å². The van der Waals surface area contributed by atoms with E-state index in [-0.39, 0.29) is 12.1 Å². The molecule has 1 aliphatic rings. The van der Waals surface area contributed by atoms with Gasteiger partial charge in [-0.15, -0.1) is 0 Å². The molecule has 1 aliphatic heterocycles. The average molecular weight is 432 g/mol. The van der Waals surface area contributed by atoms with E-state index in [0.29, 0.717) is 16.7 Å². The van der Waals surface area contributed by atoms with Crippen molar-refractivity contribution in [2.45, 2.75) is 25.9 Å². The molecule has 33 heavy (non-hydrogen) atoms. The first-order chi connectivity index (χ1) is 16.0. The Kier molecular flexibility index (Phi) is 6.41. The van der Waals surface area contributed by atoms with Crippen LogP contribution in [0, 0.1) is 40.9 Å². The van der Waals surface area contributed by atoms with Crippen molar-refractivity contribution < 1.29 is 0 Å². The predicted molar refractivity (Wildman–Crippen MR) is 128 cm³/mol. The van der Waals surface area contributed by atoms with E-state index in [9.17, 15) is 10.5 Å². The molecular formula is C28H25N5. The summed E-state index contributed by atoms with van der Waals surface area (Å²) in [4.78, 5) is 4.75. The van der Waals surface area contributed by atoms with Crippen molar-refractivity contribution >= 4 is 5.69 Å². The largest absolute Gasteiger partial charge is 0.361 e. The Morgan fingerprint density at radius 3 is 2.12 bits per heavy atom. The highest BCUT2D eigenvalue weighted by Gasteiger charge is 2.32. The monoisotopic (exact) mass is 431 g/mol. The van der Waals surface area contributed by atoms with E-state index in [2.05, 4.69) is 66.1 Å². The van der Waals surface area contributed by atoms with E-state index < -0.39 is 0 Å². The molecule has 0 bridgehead atoms. The molecule has 1 heterocycles. The van der Waals surface area contributed by atoms with Crippen LogP contribution in [-0.2, 0) is 0 Å². The summed E-state index contributed by atoms with van der Waals surface area (Å²) < 4.78 is 0. The molecule has 0 aromatic heterocycles. The van der Waals surface area contributed by atoms with Crippen molar-refractivity contribution in [1.29, 1.82) is 15.8 Å². The third-order valence-electron chi connectivity index (χ3n) is 6.50. The summed E-state index contributed by atoms with van der Waals surface area (Å²) in [6, 6.07) is 28.6. The van der Waals surface area contributed by atoms with Crippen molar-refractivity contribution in [3.8, 4) is 18.2 Å². The number of aryl methyl sites for hydroxylation is 1. The molecule has 0 saturated carbocycles. The van der Waals surface area contributed by atoms with Crippen LogP contribution >= 0.6 is 0 Å². The van der Waals surface area contributed by atoms with E-state index >= 15 is 0 Å². The first-order valence-electron chi connectivity index (χ1n) is 11.1. The molecule has 0 radical (unpaired) electrons. The Morgan fingerprint density at radius 2 is 1.48 bits per heavy atom. The first kappa shape index (κ1) is 22.1. The van der Waals surface area contributed by atoms with Gasteiger partial charge in [0.15, 0.2) is 0 Å². The molecule has 0 aliphatic carbocycles. The van der Waals surface area contributed by atoms with Gasteiger partial charge in [-0.25, -0.2) is 0 Å². The third kappa shape index (κ3) is 4.58. The maximum Gasteiger partial charge on any atom is 0.101 e. The summed E-state index contributed by atoms with van der Waals surface area (Å²) in [5, 5.41) is 28.1. The molecule has 0 spiro atoms. The summed E-state index contributed by atoms with van der Waals surface area (Å²) >= 11 is 0. The van der Waals surface area contributed by atoms with Gasteiger partial charge in [-0.3, -0.25) is 4.90 Å². The van der Waals surface area contributed by atoms with Crippen LogP contribution < -0.4 is 4.90 Å². The molecule has 162 valence electrons. The second kappa shape index (κ2) is 9.58. The number of hydrogen-bond acceptors (Lipinski definition) is 5. The standard InChI is InChI=1S/C28H25N5/c1-20-3-8-25(9-4-20)28-19-32(21(2)24-10-5-22(16-29)6-11-24)13-14-33(28)27-12-7-23(17-30)15-26(27)18-31/h3-12,15,21,28H,13-14,19H2,1-2H3/t21?,28-/m0/s1. The highest BCUT2D eigenvalue weighted by atomic mass is 15.3. The SMILES string of the molecule is Cc1ccc([C@@H]2CN(C(C)c3ccc(C#N)cc3)CCN2c2ccc(C#N)cc2C#N)cc1. The summed E-state index contributed by atoms with van der Waals surface area (Å²) in [5.41, 5.74) is 6.15. The molecule has 2 atom stereocenters. The Balaban J connectivity index is 1.68. The zero-order chi connectivity index (χ0) is 23.4. The number of rotatable bonds is 4. The van der Waals surface area contributed by atoms with Crippen molar-refractivity contribution in [3.63, 3.8) is 0 Å². The van der Waals surface area contributed by atoms with Crippen molar-refractivity contribution in [1.82, 2.24) is 4.90 Å². The maximum absolute atomic E-state index is 9.77. The fourth-order valence-corrected chi connectivity index (χ4v) is 4.51. The fraction of sp³-hybridized carbons (Fsp3) is 0.250. The lowest BCUT2D eigenvalue weighted by Crippen LogP contribution is -2.49. The van der Waals surface area contributed by atoms with Gasteiger partial charge in [-0.2, -0.15) is 15.8 Å². The van der Waals surface area contributed by atoms with Crippen molar-refractivity contribution in [3.05, 3.63) is 100 Å². The van der Waals surface area contributed by atoms with Crippen LogP contribution in [0.25, 0.3) is 0 Å². The molecule has 0 N–H and O–H groups in total. The molecule has 5 nitrogen and oxygen atoms in total. The van der Waals surface area contributed by atoms with Gasteiger partial charge in [0.05, 0.1) is 40.6 Å². The highest BCUT2D eigenvalue weighted by Crippen LogP contribution is 2.36. The van der Waals surface area contributed by atoms with Gasteiger partial charge in [0.25, 0.3) is 0 Å². The predicted octanol–water partition coefficient (Wildman–Crippen LogP) is 5.23. The fourth-order valence-electron chi connectivity index (χ4n) is 4.51. The number of hydrogen-bond donors (Lipinski definition) is 0. The molecule has 1 saturated heterocycles. The Bertz CT molecular complexity index is 1260. The number of nitriles is 3. The molecular weight excluding hydrogens is 406 g/mol. The first-order valence-corrected chi connectivity index (χ1v) is 11.1. The summed E-state index contributed by atoms with van der Waals surface area (Å²) in [6.07, 6.45) is 0. The lowest BCUT2D eigenvalue weighted by Gasteiger charge is -2.45. The summed E-state index contributed by atoms with van der Waals surface area (Å²) in [6.45, 7) is 6.69. The van der Waals surface area contributed by atoms with Crippen molar-refractivity contribution in [2.24, 2.45) is 0 Å². The minimum Gasteiger partial charge on any atom is -0.361 e. The molecule has 1 fully saturated rings. The Morgan fingerprint density at radius 1 is 0.818 bits per heavy atom. The Labute approximate surface area is 195 Å². The zero-order valence-corrected chi connectivity index (χ0v) is 18.9. The number of nitrogens with zero attached hydrogens (tertiary/aromatic N) is 5. The lowest BCUT2D eigenvalue weighted by molar-refractivity contribution is 0.171. The quantitative estimate of drug-likeness (QED) is 0.565. The van der Waals surface area contributed by atoms with Crippen LogP contribution in [0.4, 0.5) is 5.69 Å². The summed E-state index contributed by atoms with van der Waals surface area (Å²) in [5.74, 6) is 0. The molecule has 3 aromatic rings. The van der Waals surface area contributed by atoms with Gasteiger partial charge in [0.1, 0.15) is 6.07 Å². The van der Waals surface area contributed by atoms with Gasteiger partial charge in [0, 0.05) is 25.7 Å². The highest BCUT2D eigenvalue weighted by molar-refractivity contribution is 5.63. The average Bonchev–Trinajstić information content (AvgIpc) is 2.88. The van der Waals surface area contributed by atoms with Crippen LogP contribution in [0.15, 0.2) is 66.7 Å². The Hall–Kier alpha value is -4.11. The summed E-state index contributed by atoms with van der Waals surface area (Å²) in [7, 11) is 0. The lowest BCUT2D eigenvalue weighted by atomic mass is 9.96. The van der Waals surface area contributed by atoms with E-state index in [1.165, 1.54) is 16.7 Å². The van der Waals surface area contributed by atoms with E-state index in [4.69, 9.17) is 5.26 Å². The van der Waals surface area contributed by atoms with E-state index in [1.54, 1.807) is 12.1 Å². The third-order valence-corrected chi connectivity index (χ3v) is 6.50. The molecule has 5 heteroatoms. The van der Waals surface area contributed by atoms with E-state index in [1.807, 2.05) is 30.3 Å². The van der Waals surface area contributed by atoms with Gasteiger partial charge >= 0.3 is 0 Å². The molecule has 3 aromatic carbocycles. The maximum atomic E-state index is 9.77. The topological polar surface area (TPSA) is 77.8 Å². The van der Waals surface area contributed by atoms with Crippen LogP contribution in [0.5, 0.6) is 0 Å². The number of benzene rings is 3. The second-order valence-corrected chi connectivity index (χ2v) is 8.48. The van der Waals surface area contributed by atoms with Gasteiger partial charge in [-0.1, -0.05) is 42.0 Å². The van der Waals surface area contributed by atoms with Gasteiger partial charge in [0.2, 0.25) is 0 Å². The van der Waals surface area contributed by atoms with Crippen LogP contribution in [0.2, 0.25) is 0 Å². The van der Waals surface area contributed by atoms with Gasteiger partial charge < -0.3 is 4.90 Å². The molecule has 4 rings (SSSR count). The zero-order valence-electron chi connectivity index (χ0n) is 18.9. The second-order valence-electron chi connectivity index (χ2n) is 8.48. The van der Waals surface area contributed by atoms with Crippen LogP contribution in [0.1, 0.15) is 52.4 Å². The minimum atomic E-state index is 0.0696. The minimum absolute atomic E-state index is 0.0696. The van der Waals surface area contributed by atoms with E-state index in [0.717, 1.165) is 25.3 Å². The smallest absolute Gasteiger partial charge is 0.101 e.